The van der Waals surface area contributed by atoms with Crippen molar-refractivity contribution in [2.75, 3.05) is 5.32 Å². The Bertz CT molecular complexity index is 773. The largest absolute Gasteiger partial charge is 0.360 e. The van der Waals surface area contributed by atoms with E-state index < -0.39 is 22.0 Å². The van der Waals surface area contributed by atoms with Crippen LogP contribution in [0.2, 0.25) is 0 Å². The first-order chi connectivity index (χ1) is 10.2. The van der Waals surface area contributed by atoms with Crippen molar-refractivity contribution in [2.24, 2.45) is 0 Å². The summed E-state index contributed by atoms with van der Waals surface area (Å²) >= 11 is 0. The third-order valence-corrected chi connectivity index (χ3v) is 4.74. The van der Waals surface area contributed by atoms with Crippen LogP contribution in [0.1, 0.15) is 24.1 Å². The van der Waals surface area contributed by atoms with Gasteiger partial charge in [0.15, 0.2) is 5.82 Å². The molecule has 0 bridgehead atoms. The standard InChI is InChI=1S/C12H17N5O4S/c1-6-5-10(16-21-6)13-12(18)9(4)17-22(19,20)11-7(2)14-15-8(11)3/h5,9,17H,1-4H3,(H,14,15)(H,13,16,18)/t9-/m0/s1. The van der Waals surface area contributed by atoms with Gasteiger partial charge in [0.1, 0.15) is 10.7 Å². The molecular weight excluding hydrogens is 310 g/mol. The number of carbonyl (C=O) groups is 1. The molecule has 0 aliphatic heterocycles. The molecule has 0 unspecified atom stereocenters. The smallest absolute Gasteiger partial charge is 0.244 e. The molecule has 0 saturated carbocycles. The maximum absolute atomic E-state index is 12.3. The van der Waals surface area contributed by atoms with Crippen LogP contribution in [0.15, 0.2) is 15.5 Å². The van der Waals surface area contributed by atoms with Crippen LogP contribution >= 0.6 is 0 Å². The number of anilines is 1. The highest BCUT2D eigenvalue weighted by molar-refractivity contribution is 7.89. The zero-order valence-corrected chi connectivity index (χ0v) is 13.4. The minimum Gasteiger partial charge on any atom is -0.360 e. The molecule has 9 nitrogen and oxygen atoms in total. The molecule has 3 N–H and O–H groups in total. The first-order valence-electron chi connectivity index (χ1n) is 6.49. The Morgan fingerprint density at radius 1 is 1.36 bits per heavy atom. The van der Waals surface area contributed by atoms with Gasteiger partial charge in [-0.1, -0.05) is 5.16 Å². The summed E-state index contributed by atoms with van der Waals surface area (Å²) in [5.41, 5.74) is 0.745. The molecule has 2 rings (SSSR count). The number of aromatic amines is 1. The van der Waals surface area contributed by atoms with Gasteiger partial charge in [-0.05, 0) is 27.7 Å². The van der Waals surface area contributed by atoms with E-state index in [1.165, 1.54) is 13.0 Å². The highest BCUT2D eigenvalue weighted by Gasteiger charge is 2.27. The Kier molecular flexibility index (Phi) is 4.33. The number of aromatic nitrogens is 3. The molecule has 2 aromatic rings. The molecule has 1 amide bonds. The van der Waals surface area contributed by atoms with Crippen molar-refractivity contribution in [3.05, 3.63) is 23.2 Å². The quantitative estimate of drug-likeness (QED) is 0.738. The molecule has 2 aromatic heterocycles. The first-order valence-corrected chi connectivity index (χ1v) is 7.97. The molecule has 0 fully saturated rings. The van der Waals surface area contributed by atoms with Crippen molar-refractivity contribution in [1.29, 1.82) is 0 Å². The lowest BCUT2D eigenvalue weighted by Gasteiger charge is -2.13. The average Bonchev–Trinajstić information content (AvgIpc) is 2.95. The van der Waals surface area contributed by atoms with Crippen LogP contribution in [0.5, 0.6) is 0 Å². The number of nitrogens with zero attached hydrogens (tertiary/aromatic N) is 2. The van der Waals surface area contributed by atoms with Crippen molar-refractivity contribution in [1.82, 2.24) is 20.1 Å². The summed E-state index contributed by atoms with van der Waals surface area (Å²) in [6.07, 6.45) is 0. The summed E-state index contributed by atoms with van der Waals surface area (Å²) in [4.78, 5) is 12.0. The van der Waals surface area contributed by atoms with Gasteiger partial charge in [0.05, 0.1) is 17.4 Å². The number of hydrogen-bond donors (Lipinski definition) is 3. The van der Waals surface area contributed by atoms with Crippen molar-refractivity contribution in [3.8, 4) is 0 Å². The Labute approximate surface area is 127 Å². The number of sulfonamides is 1. The maximum atomic E-state index is 12.3. The van der Waals surface area contributed by atoms with E-state index in [9.17, 15) is 13.2 Å². The fourth-order valence-corrected chi connectivity index (χ4v) is 3.52. The van der Waals surface area contributed by atoms with Crippen molar-refractivity contribution in [2.45, 2.75) is 38.6 Å². The molecule has 0 radical (unpaired) electrons. The molecule has 0 spiro atoms. The number of carbonyl (C=O) groups excluding carboxylic acids is 1. The molecule has 22 heavy (non-hydrogen) atoms. The minimum atomic E-state index is -3.86. The van der Waals surface area contributed by atoms with E-state index in [4.69, 9.17) is 4.52 Å². The number of rotatable bonds is 5. The molecule has 2 heterocycles. The summed E-state index contributed by atoms with van der Waals surface area (Å²) in [5, 5.41) is 12.5. The Morgan fingerprint density at radius 3 is 2.55 bits per heavy atom. The fourth-order valence-electron chi connectivity index (χ4n) is 1.94. The van der Waals surface area contributed by atoms with Crippen LogP contribution in [0.4, 0.5) is 5.82 Å². The second-order valence-corrected chi connectivity index (χ2v) is 6.57. The zero-order valence-electron chi connectivity index (χ0n) is 12.6. The van der Waals surface area contributed by atoms with Gasteiger partial charge in [0, 0.05) is 6.07 Å². The van der Waals surface area contributed by atoms with E-state index in [1.807, 2.05) is 0 Å². The fraction of sp³-hybridized carbons (Fsp3) is 0.417. The van der Waals surface area contributed by atoms with Gasteiger partial charge in [-0.2, -0.15) is 9.82 Å². The summed E-state index contributed by atoms with van der Waals surface area (Å²) in [5.74, 6) is 0.216. The third kappa shape index (κ3) is 3.34. The maximum Gasteiger partial charge on any atom is 0.244 e. The topological polar surface area (TPSA) is 130 Å². The van der Waals surface area contributed by atoms with Crippen molar-refractivity contribution >= 4 is 21.7 Å². The van der Waals surface area contributed by atoms with Gasteiger partial charge in [-0.25, -0.2) is 8.42 Å². The zero-order chi connectivity index (χ0) is 16.5. The molecule has 0 aliphatic carbocycles. The second kappa shape index (κ2) is 5.89. The number of H-pyrrole nitrogens is 1. The monoisotopic (exact) mass is 327 g/mol. The molecule has 0 aliphatic rings. The van der Waals surface area contributed by atoms with Gasteiger partial charge in [0.25, 0.3) is 0 Å². The first kappa shape index (κ1) is 16.2. The van der Waals surface area contributed by atoms with Crippen molar-refractivity contribution in [3.63, 3.8) is 0 Å². The van der Waals surface area contributed by atoms with E-state index in [2.05, 4.69) is 25.4 Å². The molecule has 1 atom stereocenters. The molecule has 0 saturated heterocycles. The van der Waals surface area contributed by atoms with E-state index in [0.717, 1.165) is 0 Å². The average molecular weight is 327 g/mol. The summed E-state index contributed by atoms with van der Waals surface area (Å²) < 4.78 is 31.8. The highest BCUT2D eigenvalue weighted by atomic mass is 32.2. The van der Waals surface area contributed by atoms with Crippen LogP contribution in [0, 0.1) is 20.8 Å². The summed E-state index contributed by atoms with van der Waals surface area (Å²) in [6, 6.07) is 0.541. The number of nitrogens with one attached hydrogen (secondary N) is 3. The number of hydrogen-bond acceptors (Lipinski definition) is 6. The number of amides is 1. The minimum absolute atomic E-state index is 0.0458. The van der Waals surface area contributed by atoms with E-state index in [1.54, 1.807) is 20.8 Å². The number of aryl methyl sites for hydroxylation is 3. The van der Waals surface area contributed by atoms with Gasteiger partial charge in [-0.15, -0.1) is 0 Å². The van der Waals surface area contributed by atoms with Gasteiger partial charge in [-0.3, -0.25) is 9.89 Å². The normalized spacial score (nSPS) is 13.1. The van der Waals surface area contributed by atoms with Gasteiger partial charge >= 0.3 is 0 Å². The van der Waals surface area contributed by atoms with E-state index >= 15 is 0 Å². The molecule has 0 aromatic carbocycles. The van der Waals surface area contributed by atoms with Crippen LogP contribution in [0.25, 0.3) is 0 Å². The van der Waals surface area contributed by atoms with Gasteiger partial charge < -0.3 is 9.84 Å². The van der Waals surface area contributed by atoms with Crippen LogP contribution in [-0.4, -0.2) is 35.7 Å². The highest BCUT2D eigenvalue weighted by Crippen LogP contribution is 2.17. The van der Waals surface area contributed by atoms with E-state index in [-0.39, 0.29) is 10.7 Å². The Balaban J connectivity index is 2.10. The Hall–Kier alpha value is -2.20. The Morgan fingerprint density at radius 2 is 2.05 bits per heavy atom. The van der Waals surface area contributed by atoms with E-state index in [0.29, 0.717) is 17.1 Å². The van der Waals surface area contributed by atoms with Crippen LogP contribution < -0.4 is 10.0 Å². The summed E-state index contributed by atoms with van der Waals surface area (Å²) in [7, 11) is -3.86. The SMILES string of the molecule is Cc1cc(NC(=O)[C@H](C)NS(=O)(=O)c2c(C)n[nH]c2C)no1. The van der Waals surface area contributed by atoms with Crippen LogP contribution in [0.3, 0.4) is 0 Å². The predicted octanol–water partition coefficient (Wildman–Crippen LogP) is 0.628. The lowest BCUT2D eigenvalue weighted by Crippen LogP contribution is -2.41. The van der Waals surface area contributed by atoms with Crippen LogP contribution in [-0.2, 0) is 14.8 Å². The lowest BCUT2D eigenvalue weighted by molar-refractivity contribution is -0.117. The summed E-state index contributed by atoms with van der Waals surface area (Å²) in [6.45, 7) is 6.28. The van der Waals surface area contributed by atoms with Crippen molar-refractivity contribution < 1.29 is 17.7 Å². The molecule has 10 heteroatoms. The predicted molar refractivity (Wildman–Crippen MR) is 77.7 cm³/mol. The lowest BCUT2D eigenvalue weighted by atomic mass is 10.3. The molecule has 120 valence electrons. The second-order valence-electron chi connectivity index (χ2n) is 4.92. The molecular formula is C12H17N5O4S. The van der Waals surface area contributed by atoms with Gasteiger partial charge in [0.2, 0.25) is 15.9 Å². The third-order valence-electron chi connectivity index (χ3n) is 2.93.